The number of anilines is 1. The van der Waals surface area contributed by atoms with E-state index in [4.69, 9.17) is 9.84 Å². The van der Waals surface area contributed by atoms with E-state index >= 15 is 0 Å². The molecule has 0 aliphatic rings. The van der Waals surface area contributed by atoms with Crippen molar-refractivity contribution in [1.29, 1.82) is 0 Å². The first-order valence-electron chi connectivity index (χ1n) is 6.70. The highest BCUT2D eigenvalue weighted by Crippen LogP contribution is 2.11. The maximum Gasteiger partial charge on any atom is 0.335 e. The van der Waals surface area contributed by atoms with Gasteiger partial charge in [0.1, 0.15) is 12.1 Å². The summed E-state index contributed by atoms with van der Waals surface area (Å²) in [6.45, 7) is 3.15. The van der Waals surface area contributed by atoms with E-state index in [-0.39, 0.29) is 0 Å². The third-order valence-corrected chi connectivity index (χ3v) is 2.85. The van der Waals surface area contributed by atoms with E-state index < -0.39 is 5.97 Å². The second-order valence-corrected chi connectivity index (χ2v) is 4.35. The van der Waals surface area contributed by atoms with Gasteiger partial charge in [-0.2, -0.15) is 0 Å². The SMILES string of the molecule is CCOc1cc(NCCc2ccc(C(=O)O)cc2)ncn1. The van der Waals surface area contributed by atoms with E-state index in [0.717, 1.165) is 12.0 Å². The van der Waals surface area contributed by atoms with Crippen molar-refractivity contribution in [2.75, 3.05) is 18.5 Å². The molecule has 21 heavy (non-hydrogen) atoms. The van der Waals surface area contributed by atoms with E-state index in [0.29, 0.717) is 30.4 Å². The number of nitrogens with one attached hydrogen (secondary N) is 1. The zero-order chi connectivity index (χ0) is 15.1. The van der Waals surface area contributed by atoms with Gasteiger partial charge in [0.2, 0.25) is 5.88 Å². The number of benzene rings is 1. The lowest BCUT2D eigenvalue weighted by Gasteiger charge is -2.07. The lowest BCUT2D eigenvalue weighted by Crippen LogP contribution is -2.07. The van der Waals surface area contributed by atoms with Crippen molar-refractivity contribution in [3.05, 3.63) is 47.8 Å². The first-order chi connectivity index (χ1) is 10.2. The van der Waals surface area contributed by atoms with Crippen LogP contribution in [0, 0.1) is 0 Å². The monoisotopic (exact) mass is 287 g/mol. The third kappa shape index (κ3) is 4.45. The van der Waals surface area contributed by atoms with Crippen molar-refractivity contribution in [1.82, 2.24) is 9.97 Å². The smallest absolute Gasteiger partial charge is 0.335 e. The lowest BCUT2D eigenvalue weighted by molar-refractivity contribution is 0.0697. The average Bonchev–Trinajstić information content (AvgIpc) is 2.48. The third-order valence-electron chi connectivity index (χ3n) is 2.85. The second-order valence-electron chi connectivity index (χ2n) is 4.35. The Bertz CT molecular complexity index is 599. The van der Waals surface area contributed by atoms with E-state index in [9.17, 15) is 4.79 Å². The number of nitrogens with zero attached hydrogens (tertiary/aromatic N) is 2. The molecule has 6 heteroatoms. The Hall–Kier alpha value is -2.63. The first-order valence-corrected chi connectivity index (χ1v) is 6.70. The van der Waals surface area contributed by atoms with Crippen LogP contribution in [0.1, 0.15) is 22.8 Å². The van der Waals surface area contributed by atoms with Gasteiger partial charge >= 0.3 is 5.97 Å². The van der Waals surface area contributed by atoms with Crippen LogP contribution in [0.25, 0.3) is 0 Å². The first kappa shape index (κ1) is 14.8. The highest BCUT2D eigenvalue weighted by atomic mass is 16.5. The van der Waals surface area contributed by atoms with Crippen LogP contribution in [0.5, 0.6) is 5.88 Å². The molecule has 0 fully saturated rings. The van der Waals surface area contributed by atoms with Crippen molar-refractivity contribution in [3.63, 3.8) is 0 Å². The molecule has 6 nitrogen and oxygen atoms in total. The molecule has 0 radical (unpaired) electrons. The minimum Gasteiger partial charge on any atom is -0.478 e. The summed E-state index contributed by atoms with van der Waals surface area (Å²) < 4.78 is 5.30. The zero-order valence-electron chi connectivity index (χ0n) is 11.7. The Morgan fingerprint density at radius 3 is 2.71 bits per heavy atom. The Morgan fingerprint density at radius 2 is 2.05 bits per heavy atom. The molecule has 0 spiro atoms. The number of ether oxygens (including phenoxy) is 1. The fourth-order valence-electron chi connectivity index (χ4n) is 1.81. The number of rotatable bonds is 7. The van der Waals surface area contributed by atoms with Gasteiger partial charge in [0, 0.05) is 12.6 Å². The molecule has 0 bridgehead atoms. The van der Waals surface area contributed by atoms with Crippen molar-refractivity contribution >= 4 is 11.8 Å². The maximum absolute atomic E-state index is 10.8. The number of carboxylic acid groups (broad SMARTS) is 1. The number of aromatic carboxylic acids is 1. The normalized spacial score (nSPS) is 10.1. The molecule has 0 aliphatic carbocycles. The minimum absolute atomic E-state index is 0.295. The molecule has 2 aromatic rings. The second kappa shape index (κ2) is 7.23. The van der Waals surface area contributed by atoms with Gasteiger partial charge in [0.05, 0.1) is 12.2 Å². The topological polar surface area (TPSA) is 84.3 Å². The van der Waals surface area contributed by atoms with E-state index in [1.807, 2.05) is 19.1 Å². The molecule has 1 aromatic carbocycles. The molecule has 0 aliphatic heterocycles. The van der Waals surface area contributed by atoms with E-state index in [2.05, 4.69) is 15.3 Å². The van der Waals surface area contributed by atoms with Gasteiger partial charge in [0.25, 0.3) is 0 Å². The van der Waals surface area contributed by atoms with Crippen LogP contribution in [-0.2, 0) is 6.42 Å². The summed E-state index contributed by atoms with van der Waals surface area (Å²) in [5, 5.41) is 12.0. The fraction of sp³-hybridized carbons (Fsp3) is 0.267. The lowest BCUT2D eigenvalue weighted by atomic mass is 10.1. The Labute approximate surface area is 122 Å². The zero-order valence-corrected chi connectivity index (χ0v) is 11.7. The molecular weight excluding hydrogens is 270 g/mol. The Balaban J connectivity index is 1.86. The molecular formula is C15H17N3O3. The number of hydrogen-bond donors (Lipinski definition) is 2. The van der Waals surface area contributed by atoms with Crippen molar-refractivity contribution in [2.24, 2.45) is 0 Å². The molecule has 0 saturated carbocycles. The highest BCUT2D eigenvalue weighted by molar-refractivity contribution is 5.87. The van der Waals surface area contributed by atoms with Gasteiger partial charge in [0.15, 0.2) is 0 Å². The predicted octanol–water partition coefficient (Wildman–Crippen LogP) is 2.23. The summed E-state index contributed by atoms with van der Waals surface area (Å²) in [6, 6.07) is 8.59. The number of hydrogen-bond acceptors (Lipinski definition) is 5. The quantitative estimate of drug-likeness (QED) is 0.812. The molecule has 0 unspecified atom stereocenters. The van der Waals surface area contributed by atoms with Crippen LogP contribution in [0.15, 0.2) is 36.7 Å². The summed E-state index contributed by atoms with van der Waals surface area (Å²) in [7, 11) is 0. The Morgan fingerprint density at radius 1 is 1.29 bits per heavy atom. The van der Waals surface area contributed by atoms with Gasteiger partial charge in [-0.1, -0.05) is 12.1 Å². The van der Waals surface area contributed by atoms with Gasteiger partial charge in [-0.25, -0.2) is 14.8 Å². The van der Waals surface area contributed by atoms with Gasteiger partial charge in [-0.15, -0.1) is 0 Å². The standard InChI is InChI=1S/C15H17N3O3/c1-2-21-14-9-13(17-10-18-14)16-8-7-11-3-5-12(6-4-11)15(19)20/h3-6,9-10H,2,7-8H2,1H3,(H,19,20)(H,16,17,18). The number of aromatic nitrogens is 2. The van der Waals surface area contributed by atoms with E-state index in [1.54, 1.807) is 18.2 Å². The van der Waals surface area contributed by atoms with Crippen molar-refractivity contribution in [3.8, 4) is 5.88 Å². The molecule has 0 saturated heterocycles. The summed E-state index contributed by atoms with van der Waals surface area (Å²) in [4.78, 5) is 18.9. The van der Waals surface area contributed by atoms with Gasteiger partial charge in [-0.05, 0) is 31.0 Å². The van der Waals surface area contributed by atoms with Crippen LogP contribution >= 0.6 is 0 Å². The predicted molar refractivity (Wildman–Crippen MR) is 78.8 cm³/mol. The van der Waals surface area contributed by atoms with Crippen LogP contribution in [0.4, 0.5) is 5.82 Å². The molecule has 1 aromatic heterocycles. The van der Waals surface area contributed by atoms with Crippen LogP contribution in [0.2, 0.25) is 0 Å². The largest absolute Gasteiger partial charge is 0.478 e. The average molecular weight is 287 g/mol. The fourth-order valence-corrected chi connectivity index (χ4v) is 1.81. The summed E-state index contributed by atoms with van der Waals surface area (Å²) in [6.07, 6.45) is 2.23. The van der Waals surface area contributed by atoms with Crippen LogP contribution in [0.3, 0.4) is 0 Å². The molecule has 0 atom stereocenters. The molecule has 1 heterocycles. The maximum atomic E-state index is 10.8. The van der Waals surface area contributed by atoms with Gasteiger partial charge in [-0.3, -0.25) is 0 Å². The molecule has 0 amide bonds. The Kier molecular flexibility index (Phi) is 5.09. The van der Waals surface area contributed by atoms with Crippen molar-refractivity contribution < 1.29 is 14.6 Å². The summed E-state index contributed by atoms with van der Waals surface area (Å²) >= 11 is 0. The van der Waals surface area contributed by atoms with Crippen LogP contribution in [-0.4, -0.2) is 34.2 Å². The van der Waals surface area contributed by atoms with Crippen LogP contribution < -0.4 is 10.1 Å². The van der Waals surface area contributed by atoms with Crippen molar-refractivity contribution in [2.45, 2.75) is 13.3 Å². The number of carbonyl (C=O) groups is 1. The summed E-state index contributed by atoms with van der Waals surface area (Å²) in [5.41, 5.74) is 1.36. The highest BCUT2D eigenvalue weighted by Gasteiger charge is 2.02. The number of carboxylic acids is 1. The molecule has 2 N–H and O–H groups in total. The van der Waals surface area contributed by atoms with E-state index in [1.165, 1.54) is 6.33 Å². The molecule has 110 valence electrons. The van der Waals surface area contributed by atoms with Gasteiger partial charge < -0.3 is 15.2 Å². The summed E-state index contributed by atoms with van der Waals surface area (Å²) in [5.74, 6) is 0.334. The molecule has 2 rings (SSSR count). The minimum atomic E-state index is -0.913.